The van der Waals surface area contributed by atoms with Crippen LogP contribution in [0.2, 0.25) is 0 Å². The lowest BCUT2D eigenvalue weighted by Gasteiger charge is -2.07. The van der Waals surface area contributed by atoms with Crippen molar-refractivity contribution in [1.29, 1.82) is 0 Å². The predicted octanol–water partition coefficient (Wildman–Crippen LogP) is 2.96. The number of benzene rings is 2. The number of anilines is 1. The number of aryl methyl sites for hydroxylation is 1. The third-order valence-electron chi connectivity index (χ3n) is 2.93. The summed E-state index contributed by atoms with van der Waals surface area (Å²) in [5.74, 6) is -1.10. The smallest absolute Gasteiger partial charge is 0.335 e. The maximum Gasteiger partial charge on any atom is 0.335 e. The summed E-state index contributed by atoms with van der Waals surface area (Å²) in [6.07, 6.45) is 0.653. The van der Waals surface area contributed by atoms with Crippen LogP contribution in [0.5, 0.6) is 0 Å². The Labute approximate surface area is 117 Å². The molecule has 0 aliphatic rings. The van der Waals surface area contributed by atoms with E-state index in [0.29, 0.717) is 12.0 Å². The third kappa shape index (κ3) is 3.68. The molecule has 0 heterocycles. The molecule has 4 heteroatoms. The van der Waals surface area contributed by atoms with E-state index in [1.54, 1.807) is 24.3 Å². The summed E-state index contributed by atoms with van der Waals surface area (Å²) >= 11 is 0. The fourth-order valence-corrected chi connectivity index (χ4v) is 1.94. The highest BCUT2D eigenvalue weighted by molar-refractivity contribution is 5.92. The minimum Gasteiger partial charge on any atom is -0.478 e. The van der Waals surface area contributed by atoms with E-state index in [2.05, 4.69) is 5.32 Å². The van der Waals surface area contributed by atoms with E-state index in [-0.39, 0.29) is 17.9 Å². The predicted molar refractivity (Wildman–Crippen MR) is 76.8 cm³/mol. The zero-order valence-electron chi connectivity index (χ0n) is 10.9. The first-order valence-corrected chi connectivity index (χ1v) is 6.33. The van der Waals surface area contributed by atoms with Crippen LogP contribution in [0.3, 0.4) is 0 Å². The molecule has 0 radical (unpaired) electrons. The van der Waals surface area contributed by atoms with Gasteiger partial charge < -0.3 is 10.4 Å². The van der Waals surface area contributed by atoms with E-state index in [9.17, 15) is 9.59 Å². The average Bonchev–Trinajstić information content (AvgIpc) is 2.46. The molecule has 2 rings (SSSR count). The summed E-state index contributed by atoms with van der Waals surface area (Å²) in [7, 11) is 0. The standard InChI is InChI=1S/C16H15NO3/c18-15(17-13-7-2-1-3-8-13)11-10-12-6-4-5-9-14(12)16(19)20/h1-9H,10-11H2,(H,17,18)(H,19,20). The highest BCUT2D eigenvalue weighted by atomic mass is 16.4. The van der Waals surface area contributed by atoms with Crippen LogP contribution < -0.4 is 5.32 Å². The minimum absolute atomic E-state index is 0.128. The van der Waals surface area contributed by atoms with E-state index in [1.165, 1.54) is 0 Å². The molecule has 102 valence electrons. The number of carboxylic acid groups (broad SMARTS) is 1. The third-order valence-corrected chi connectivity index (χ3v) is 2.93. The van der Waals surface area contributed by atoms with Gasteiger partial charge in [-0.1, -0.05) is 36.4 Å². The summed E-state index contributed by atoms with van der Waals surface area (Å²) in [4.78, 5) is 22.9. The molecule has 2 aromatic rings. The molecule has 0 unspecified atom stereocenters. The molecule has 0 spiro atoms. The monoisotopic (exact) mass is 269 g/mol. The van der Waals surface area contributed by atoms with E-state index < -0.39 is 5.97 Å². The van der Waals surface area contributed by atoms with Gasteiger partial charge in [0.15, 0.2) is 0 Å². The van der Waals surface area contributed by atoms with Crippen LogP contribution in [0.25, 0.3) is 0 Å². The van der Waals surface area contributed by atoms with Gasteiger partial charge >= 0.3 is 5.97 Å². The van der Waals surface area contributed by atoms with Crippen molar-refractivity contribution in [3.63, 3.8) is 0 Å². The highest BCUT2D eigenvalue weighted by Crippen LogP contribution is 2.12. The van der Waals surface area contributed by atoms with Crippen LogP contribution in [0, 0.1) is 0 Å². The van der Waals surface area contributed by atoms with Crippen molar-refractivity contribution in [3.05, 3.63) is 65.7 Å². The minimum atomic E-state index is -0.968. The number of para-hydroxylation sites is 1. The SMILES string of the molecule is O=C(CCc1ccccc1C(=O)O)Nc1ccccc1. The number of carbonyl (C=O) groups excluding carboxylic acids is 1. The largest absolute Gasteiger partial charge is 0.478 e. The molecule has 2 aromatic carbocycles. The number of aromatic carboxylic acids is 1. The molecule has 0 saturated heterocycles. The Balaban J connectivity index is 1.96. The van der Waals surface area contributed by atoms with E-state index in [1.807, 2.05) is 30.3 Å². The lowest BCUT2D eigenvalue weighted by Crippen LogP contribution is -2.13. The summed E-state index contributed by atoms with van der Waals surface area (Å²) in [6, 6.07) is 15.9. The number of nitrogens with one attached hydrogen (secondary N) is 1. The maximum atomic E-state index is 11.8. The van der Waals surface area contributed by atoms with Gasteiger partial charge in [0.05, 0.1) is 5.56 Å². The molecule has 20 heavy (non-hydrogen) atoms. The van der Waals surface area contributed by atoms with Gasteiger partial charge in [-0.3, -0.25) is 4.79 Å². The van der Waals surface area contributed by atoms with Gasteiger partial charge in [-0.2, -0.15) is 0 Å². The Morgan fingerprint density at radius 1 is 0.950 bits per heavy atom. The highest BCUT2D eigenvalue weighted by Gasteiger charge is 2.10. The number of rotatable bonds is 5. The topological polar surface area (TPSA) is 66.4 Å². The molecule has 0 aromatic heterocycles. The van der Waals surface area contributed by atoms with Crippen LogP contribution in [0.1, 0.15) is 22.3 Å². The van der Waals surface area contributed by atoms with E-state index in [0.717, 1.165) is 5.69 Å². The van der Waals surface area contributed by atoms with Crippen LogP contribution in [0.15, 0.2) is 54.6 Å². The Kier molecular flexibility index (Phi) is 4.50. The van der Waals surface area contributed by atoms with E-state index >= 15 is 0 Å². The quantitative estimate of drug-likeness (QED) is 0.877. The first kappa shape index (κ1) is 13.8. The fourth-order valence-electron chi connectivity index (χ4n) is 1.94. The zero-order valence-corrected chi connectivity index (χ0v) is 10.9. The van der Waals surface area contributed by atoms with Gasteiger partial charge in [-0.05, 0) is 30.2 Å². The van der Waals surface area contributed by atoms with Crippen molar-refractivity contribution in [2.24, 2.45) is 0 Å². The van der Waals surface area contributed by atoms with Crippen LogP contribution in [-0.2, 0) is 11.2 Å². The number of amides is 1. The van der Waals surface area contributed by atoms with Crippen LogP contribution in [-0.4, -0.2) is 17.0 Å². The summed E-state index contributed by atoms with van der Waals surface area (Å²) in [5.41, 5.74) is 1.66. The van der Waals surface area contributed by atoms with Gasteiger partial charge in [0.25, 0.3) is 0 Å². The molecule has 1 amide bonds. The molecule has 0 aliphatic carbocycles. The summed E-state index contributed by atoms with van der Waals surface area (Å²) in [6.45, 7) is 0. The lowest BCUT2D eigenvalue weighted by atomic mass is 10.0. The van der Waals surface area contributed by atoms with Crippen molar-refractivity contribution >= 4 is 17.6 Å². The molecule has 0 fully saturated rings. The zero-order chi connectivity index (χ0) is 14.4. The lowest BCUT2D eigenvalue weighted by molar-refractivity contribution is -0.116. The number of carbonyl (C=O) groups is 2. The first-order chi connectivity index (χ1) is 9.66. The normalized spacial score (nSPS) is 10.0. The number of carboxylic acids is 1. The summed E-state index contributed by atoms with van der Waals surface area (Å²) in [5, 5.41) is 11.8. The van der Waals surface area contributed by atoms with Gasteiger partial charge in [0.2, 0.25) is 5.91 Å². The molecule has 4 nitrogen and oxygen atoms in total. The summed E-state index contributed by atoms with van der Waals surface area (Å²) < 4.78 is 0. The van der Waals surface area contributed by atoms with Gasteiger partial charge in [0.1, 0.15) is 0 Å². The fraction of sp³-hybridized carbons (Fsp3) is 0.125. The molecular weight excluding hydrogens is 254 g/mol. The van der Waals surface area contributed by atoms with Crippen molar-refractivity contribution in [2.75, 3.05) is 5.32 Å². The Hall–Kier alpha value is -2.62. The second-order valence-electron chi connectivity index (χ2n) is 4.38. The molecular formula is C16H15NO3. The Morgan fingerprint density at radius 3 is 2.30 bits per heavy atom. The Bertz CT molecular complexity index is 608. The van der Waals surface area contributed by atoms with Crippen molar-refractivity contribution in [2.45, 2.75) is 12.8 Å². The molecule has 0 bridgehead atoms. The molecule has 0 saturated carbocycles. The van der Waals surface area contributed by atoms with Gasteiger partial charge in [-0.25, -0.2) is 4.79 Å². The second-order valence-corrected chi connectivity index (χ2v) is 4.38. The number of hydrogen-bond acceptors (Lipinski definition) is 2. The molecule has 0 atom stereocenters. The average molecular weight is 269 g/mol. The maximum absolute atomic E-state index is 11.8. The van der Waals surface area contributed by atoms with Crippen LogP contribution in [0.4, 0.5) is 5.69 Å². The Morgan fingerprint density at radius 2 is 1.60 bits per heavy atom. The van der Waals surface area contributed by atoms with Gasteiger partial charge in [-0.15, -0.1) is 0 Å². The number of hydrogen-bond donors (Lipinski definition) is 2. The van der Waals surface area contributed by atoms with Crippen molar-refractivity contribution in [3.8, 4) is 0 Å². The van der Waals surface area contributed by atoms with Gasteiger partial charge in [0, 0.05) is 12.1 Å². The first-order valence-electron chi connectivity index (χ1n) is 6.33. The van der Waals surface area contributed by atoms with Crippen molar-refractivity contribution in [1.82, 2.24) is 0 Å². The second kappa shape index (κ2) is 6.52. The molecule has 2 N–H and O–H groups in total. The van der Waals surface area contributed by atoms with E-state index in [4.69, 9.17) is 5.11 Å². The molecule has 0 aliphatic heterocycles. The van der Waals surface area contributed by atoms with Crippen molar-refractivity contribution < 1.29 is 14.7 Å². The van der Waals surface area contributed by atoms with Crippen LogP contribution >= 0.6 is 0 Å².